The van der Waals surface area contributed by atoms with Crippen LogP contribution in [0.2, 0.25) is 0 Å². The van der Waals surface area contributed by atoms with E-state index in [1.54, 1.807) is 24.3 Å². The van der Waals surface area contributed by atoms with Gasteiger partial charge in [-0.3, -0.25) is 4.79 Å². The summed E-state index contributed by atoms with van der Waals surface area (Å²) in [5.41, 5.74) is 0.591. The van der Waals surface area contributed by atoms with Crippen molar-refractivity contribution in [3.63, 3.8) is 0 Å². The molecular weight excluding hydrogens is 276 g/mol. The lowest BCUT2D eigenvalue weighted by atomic mass is 10.2. The van der Waals surface area contributed by atoms with Crippen molar-refractivity contribution in [1.82, 2.24) is 5.32 Å². The zero-order valence-electron chi connectivity index (χ0n) is 11.9. The lowest BCUT2D eigenvalue weighted by molar-refractivity contribution is -0.178. The van der Waals surface area contributed by atoms with Crippen molar-refractivity contribution >= 4 is 17.7 Å². The largest absolute Gasteiger partial charge is 0.481 e. The maximum atomic E-state index is 11.6. The molecule has 7 nitrogen and oxygen atoms in total. The van der Waals surface area contributed by atoms with Gasteiger partial charge in [-0.1, -0.05) is 12.5 Å². The Bertz CT molecular complexity index is 464. The third-order valence-electron chi connectivity index (χ3n) is 2.62. The summed E-state index contributed by atoms with van der Waals surface area (Å²) in [5.74, 6) is -0.303. The average Bonchev–Trinajstić information content (AvgIpc) is 2.43. The van der Waals surface area contributed by atoms with E-state index in [4.69, 9.17) is 9.99 Å². The van der Waals surface area contributed by atoms with Gasteiger partial charge in [0.2, 0.25) is 0 Å². The van der Waals surface area contributed by atoms with Crippen molar-refractivity contribution < 1.29 is 24.5 Å². The molecule has 0 heterocycles. The Morgan fingerprint density at radius 2 is 2.05 bits per heavy atom. The minimum atomic E-state index is -0.793. The highest BCUT2D eigenvalue weighted by atomic mass is 17.2. The van der Waals surface area contributed by atoms with E-state index in [-0.39, 0.29) is 12.5 Å². The molecule has 0 atom stereocenters. The zero-order valence-corrected chi connectivity index (χ0v) is 11.9. The predicted octanol–water partition coefficient (Wildman–Crippen LogP) is 2.39. The Morgan fingerprint density at radius 3 is 2.76 bits per heavy atom. The lowest BCUT2D eigenvalue weighted by Crippen LogP contribution is -2.29. The summed E-state index contributed by atoms with van der Waals surface area (Å²) in [6.07, 6.45) is 2.30. The first kappa shape index (κ1) is 16.8. The molecule has 0 aliphatic rings. The number of nitrogens with one attached hydrogen (secondary N) is 2. The maximum Gasteiger partial charge on any atom is 0.319 e. The number of anilines is 1. The van der Waals surface area contributed by atoms with Crippen LogP contribution in [-0.4, -0.2) is 30.8 Å². The van der Waals surface area contributed by atoms with Gasteiger partial charge in [0.15, 0.2) is 5.75 Å². The second-order valence-corrected chi connectivity index (χ2v) is 4.36. The highest BCUT2D eigenvalue weighted by Gasteiger charge is 2.03. The van der Waals surface area contributed by atoms with Gasteiger partial charge in [-0.05, 0) is 25.0 Å². The molecule has 0 spiro atoms. The van der Waals surface area contributed by atoms with E-state index >= 15 is 0 Å². The second kappa shape index (κ2) is 9.60. The normalized spacial score (nSPS) is 9.95. The van der Waals surface area contributed by atoms with Crippen LogP contribution in [0.3, 0.4) is 0 Å². The van der Waals surface area contributed by atoms with Gasteiger partial charge in [-0.25, -0.2) is 4.79 Å². The van der Waals surface area contributed by atoms with E-state index in [9.17, 15) is 9.59 Å². The van der Waals surface area contributed by atoms with Gasteiger partial charge in [0.05, 0.1) is 7.11 Å². The molecule has 0 aliphatic heterocycles. The molecule has 1 aromatic rings. The van der Waals surface area contributed by atoms with Gasteiger partial charge in [0, 0.05) is 24.7 Å². The number of carboxylic acids is 1. The Labute approximate surface area is 123 Å². The molecule has 1 rings (SSSR count). The van der Waals surface area contributed by atoms with Crippen molar-refractivity contribution in [3.05, 3.63) is 24.3 Å². The standard InChI is InChI=1S/C14H20N2O5/c1-20-21-12-7-5-6-11(10-12)16-14(19)15-9-4-2-3-8-13(17)18/h5-7,10H,2-4,8-9H2,1H3,(H,17,18)(H2,15,16,19). The molecule has 3 N–H and O–H groups in total. The molecule has 0 aromatic heterocycles. The smallest absolute Gasteiger partial charge is 0.319 e. The van der Waals surface area contributed by atoms with Crippen molar-refractivity contribution in [3.8, 4) is 5.75 Å². The molecule has 0 fully saturated rings. The van der Waals surface area contributed by atoms with Gasteiger partial charge in [0.25, 0.3) is 0 Å². The quantitative estimate of drug-likeness (QED) is 0.369. The third-order valence-corrected chi connectivity index (χ3v) is 2.62. The Kier molecular flexibility index (Phi) is 7.67. The highest BCUT2D eigenvalue weighted by molar-refractivity contribution is 5.89. The summed E-state index contributed by atoms with van der Waals surface area (Å²) in [6.45, 7) is 0.500. The number of amides is 2. The van der Waals surface area contributed by atoms with Gasteiger partial charge >= 0.3 is 12.0 Å². The number of carboxylic acid groups (broad SMARTS) is 1. The number of carbonyl (C=O) groups excluding carboxylic acids is 1. The van der Waals surface area contributed by atoms with Crippen LogP contribution in [0.15, 0.2) is 24.3 Å². The lowest BCUT2D eigenvalue weighted by Gasteiger charge is -2.08. The summed E-state index contributed by atoms with van der Waals surface area (Å²) in [5, 5.41) is 13.9. The first-order chi connectivity index (χ1) is 10.1. The molecule has 0 aliphatic carbocycles. The third kappa shape index (κ3) is 7.78. The SMILES string of the molecule is COOc1cccc(NC(=O)NCCCCCC(=O)O)c1. The first-order valence-corrected chi connectivity index (χ1v) is 6.69. The second-order valence-electron chi connectivity index (χ2n) is 4.36. The fourth-order valence-electron chi connectivity index (χ4n) is 1.68. The molecule has 1 aromatic carbocycles. The molecule has 0 unspecified atom stereocenters. The number of aliphatic carboxylic acids is 1. The van der Waals surface area contributed by atoms with E-state index < -0.39 is 5.97 Å². The molecule has 0 bridgehead atoms. The van der Waals surface area contributed by atoms with Crippen molar-refractivity contribution in [2.24, 2.45) is 0 Å². The maximum absolute atomic E-state index is 11.6. The van der Waals surface area contributed by atoms with Crippen LogP contribution in [0.25, 0.3) is 0 Å². The molecule has 7 heteroatoms. The summed E-state index contributed by atoms with van der Waals surface area (Å²) in [4.78, 5) is 31.3. The Balaban J connectivity index is 2.21. The van der Waals surface area contributed by atoms with Crippen molar-refractivity contribution in [2.45, 2.75) is 25.7 Å². The van der Waals surface area contributed by atoms with Gasteiger partial charge < -0.3 is 20.6 Å². The van der Waals surface area contributed by atoms with Crippen LogP contribution in [0.1, 0.15) is 25.7 Å². The number of benzene rings is 1. The number of hydrogen-bond donors (Lipinski definition) is 3. The summed E-state index contributed by atoms with van der Waals surface area (Å²) >= 11 is 0. The van der Waals surface area contributed by atoms with Crippen LogP contribution in [0.5, 0.6) is 5.75 Å². The Hall–Kier alpha value is -2.28. The van der Waals surface area contributed by atoms with Gasteiger partial charge in [-0.2, -0.15) is 4.89 Å². The summed E-state index contributed by atoms with van der Waals surface area (Å²) in [7, 11) is 1.40. The number of unbranched alkanes of at least 4 members (excludes halogenated alkanes) is 2. The zero-order chi connectivity index (χ0) is 15.5. The van der Waals surface area contributed by atoms with Crippen LogP contribution >= 0.6 is 0 Å². The minimum Gasteiger partial charge on any atom is -0.481 e. The first-order valence-electron chi connectivity index (χ1n) is 6.69. The number of carbonyl (C=O) groups is 2. The predicted molar refractivity (Wildman–Crippen MR) is 77.2 cm³/mol. The molecular formula is C14H20N2O5. The van der Waals surface area contributed by atoms with Crippen LogP contribution in [0, 0.1) is 0 Å². The van der Waals surface area contributed by atoms with E-state index in [1.165, 1.54) is 7.11 Å². The number of urea groups is 1. The van der Waals surface area contributed by atoms with Crippen LogP contribution in [-0.2, 0) is 9.68 Å². The van der Waals surface area contributed by atoms with Crippen LogP contribution in [0.4, 0.5) is 10.5 Å². The average molecular weight is 296 g/mol. The van der Waals surface area contributed by atoms with Gasteiger partial charge in [-0.15, -0.1) is 0 Å². The van der Waals surface area contributed by atoms with E-state index in [0.717, 1.165) is 12.8 Å². The van der Waals surface area contributed by atoms with Crippen LogP contribution < -0.4 is 15.5 Å². The number of hydrogen-bond acceptors (Lipinski definition) is 4. The number of rotatable bonds is 9. The molecule has 0 saturated carbocycles. The molecule has 116 valence electrons. The Morgan fingerprint density at radius 1 is 1.24 bits per heavy atom. The summed E-state index contributed by atoms with van der Waals surface area (Å²) in [6, 6.07) is 6.48. The monoisotopic (exact) mass is 296 g/mol. The van der Waals surface area contributed by atoms with Crippen molar-refractivity contribution in [1.29, 1.82) is 0 Å². The van der Waals surface area contributed by atoms with E-state index in [1.807, 2.05) is 0 Å². The van der Waals surface area contributed by atoms with Gasteiger partial charge in [0.1, 0.15) is 0 Å². The topological polar surface area (TPSA) is 96.9 Å². The summed E-state index contributed by atoms with van der Waals surface area (Å²) < 4.78 is 0. The highest BCUT2D eigenvalue weighted by Crippen LogP contribution is 2.17. The van der Waals surface area contributed by atoms with E-state index in [0.29, 0.717) is 24.4 Å². The molecule has 0 saturated heterocycles. The fourth-order valence-corrected chi connectivity index (χ4v) is 1.68. The molecule has 0 radical (unpaired) electrons. The van der Waals surface area contributed by atoms with Crippen molar-refractivity contribution in [2.75, 3.05) is 19.0 Å². The minimum absolute atomic E-state index is 0.165. The molecule has 21 heavy (non-hydrogen) atoms. The molecule has 2 amide bonds. The fraction of sp³-hybridized carbons (Fsp3) is 0.429. The van der Waals surface area contributed by atoms with E-state index in [2.05, 4.69) is 15.5 Å².